The van der Waals surface area contributed by atoms with Gasteiger partial charge in [-0.15, -0.1) is 0 Å². The van der Waals surface area contributed by atoms with E-state index >= 15 is 0 Å². The minimum Gasteiger partial charge on any atom is -0.507 e. The molecule has 3 aromatic rings. The lowest BCUT2D eigenvalue weighted by molar-refractivity contribution is -0.137. The Labute approximate surface area is 135 Å². The number of phenolic OH excluding ortho intramolecular Hbond substituents is 1. The van der Waals surface area contributed by atoms with Crippen LogP contribution in [-0.2, 0) is 6.18 Å². The van der Waals surface area contributed by atoms with Gasteiger partial charge in [0.05, 0.1) is 11.1 Å². The van der Waals surface area contributed by atoms with E-state index in [2.05, 4.69) is 5.32 Å². The number of halogens is 3. The molecule has 0 heterocycles. The molecule has 0 spiro atoms. The Balaban J connectivity index is 2.02. The summed E-state index contributed by atoms with van der Waals surface area (Å²) >= 11 is 0. The smallest absolute Gasteiger partial charge is 0.417 e. The van der Waals surface area contributed by atoms with Crippen LogP contribution in [0.25, 0.3) is 10.8 Å². The van der Waals surface area contributed by atoms with Gasteiger partial charge in [0.1, 0.15) is 5.75 Å². The Hall–Kier alpha value is -3.02. The van der Waals surface area contributed by atoms with Crippen LogP contribution in [0.15, 0.2) is 60.7 Å². The fraction of sp³-hybridized carbons (Fsp3) is 0.0556. The van der Waals surface area contributed by atoms with Crippen LogP contribution >= 0.6 is 0 Å². The number of hydrogen-bond donors (Lipinski definition) is 2. The predicted molar refractivity (Wildman–Crippen MR) is 85.0 cm³/mol. The number of phenols is 1. The Morgan fingerprint density at radius 3 is 2.29 bits per heavy atom. The summed E-state index contributed by atoms with van der Waals surface area (Å²) in [7, 11) is 0. The molecule has 0 saturated carbocycles. The van der Waals surface area contributed by atoms with Crippen molar-refractivity contribution in [3.8, 4) is 5.75 Å². The number of rotatable bonds is 2. The maximum atomic E-state index is 13.0. The van der Waals surface area contributed by atoms with Crippen molar-refractivity contribution in [2.75, 3.05) is 5.32 Å². The zero-order valence-electron chi connectivity index (χ0n) is 12.3. The van der Waals surface area contributed by atoms with Crippen molar-refractivity contribution in [2.45, 2.75) is 6.18 Å². The van der Waals surface area contributed by atoms with Gasteiger partial charge in [0.15, 0.2) is 0 Å². The van der Waals surface area contributed by atoms with Gasteiger partial charge in [0.25, 0.3) is 5.91 Å². The van der Waals surface area contributed by atoms with E-state index in [1.807, 2.05) is 0 Å². The third kappa shape index (κ3) is 2.90. The molecule has 0 saturated heterocycles. The van der Waals surface area contributed by atoms with Gasteiger partial charge in [-0.05, 0) is 24.3 Å². The Bertz CT molecular complexity index is 920. The average molecular weight is 331 g/mol. The molecular weight excluding hydrogens is 319 g/mol. The standard InChI is InChI=1S/C18H12F3NO2/c19-18(20,21)14-8-2-1-5-13(14)17(24)22-15-9-3-7-12-11(15)6-4-10-16(12)23/h1-10,23H,(H,22,24). The van der Waals surface area contributed by atoms with Crippen molar-refractivity contribution in [2.24, 2.45) is 0 Å². The molecule has 122 valence electrons. The second-order valence-corrected chi connectivity index (χ2v) is 5.18. The number of benzene rings is 3. The van der Waals surface area contributed by atoms with Crippen LogP contribution in [0.4, 0.5) is 18.9 Å². The van der Waals surface area contributed by atoms with Crippen LogP contribution in [0.1, 0.15) is 15.9 Å². The van der Waals surface area contributed by atoms with E-state index in [-0.39, 0.29) is 5.75 Å². The zero-order valence-corrected chi connectivity index (χ0v) is 12.3. The lowest BCUT2D eigenvalue weighted by atomic mass is 10.0. The van der Waals surface area contributed by atoms with Crippen molar-refractivity contribution in [3.63, 3.8) is 0 Å². The molecule has 3 rings (SSSR count). The highest BCUT2D eigenvalue weighted by molar-refractivity contribution is 6.10. The molecule has 2 N–H and O–H groups in total. The summed E-state index contributed by atoms with van der Waals surface area (Å²) in [6.07, 6.45) is -4.62. The summed E-state index contributed by atoms with van der Waals surface area (Å²) in [5.41, 5.74) is -1.13. The second kappa shape index (κ2) is 5.88. The van der Waals surface area contributed by atoms with E-state index in [0.29, 0.717) is 16.5 Å². The van der Waals surface area contributed by atoms with Crippen molar-refractivity contribution in [1.82, 2.24) is 0 Å². The SMILES string of the molecule is O=C(Nc1cccc2c(O)cccc12)c1ccccc1C(F)(F)F. The predicted octanol–water partition coefficient (Wildman–Crippen LogP) is 4.82. The molecule has 0 aliphatic heterocycles. The van der Waals surface area contributed by atoms with Crippen LogP contribution < -0.4 is 5.32 Å². The van der Waals surface area contributed by atoms with Crippen LogP contribution in [0.2, 0.25) is 0 Å². The Morgan fingerprint density at radius 2 is 1.54 bits per heavy atom. The van der Waals surface area contributed by atoms with Crippen molar-refractivity contribution >= 4 is 22.4 Å². The molecule has 0 bridgehead atoms. The Kier molecular flexibility index (Phi) is 3.89. The first kappa shape index (κ1) is 15.9. The van der Waals surface area contributed by atoms with Gasteiger partial charge < -0.3 is 10.4 Å². The number of hydrogen-bond acceptors (Lipinski definition) is 2. The third-order valence-electron chi connectivity index (χ3n) is 3.62. The topological polar surface area (TPSA) is 49.3 Å². The first-order valence-corrected chi connectivity index (χ1v) is 7.06. The summed E-state index contributed by atoms with van der Waals surface area (Å²) in [5.74, 6) is -0.835. The molecule has 0 atom stereocenters. The van der Waals surface area contributed by atoms with Crippen molar-refractivity contribution < 1.29 is 23.1 Å². The molecule has 1 amide bonds. The molecule has 3 aromatic carbocycles. The number of nitrogens with one attached hydrogen (secondary N) is 1. The summed E-state index contributed by atoms with van der Waals surface area (Å²) in [5, 5.41) is 13.4. The number of aromatic hydroxyl groups is 1. The monoisotopic (exact) mass is 331 g/mol. The number of carbonyl (C=O) groups is 1. The van der Waals surface area contributed by atoms with Crippen molar-refractivity contribution in [3.05, 3.63) is 71.8 Å². The minimum absolute atomic E-state index is 0.0271. The van der Waals surface area contributed by atoms with Gasteiger partial charge in [-0.2, -0.15) is 13.2 Å². The van der Waals surface area contributed by atoms with Crippen LogP contribution in [0.5, 0.6) is 5.75 Å². The maximum absolute atomic E-state index is 13.0. The number of carbonyl (C=O) groups excluding carboxylic acids is 1. The zero-order chi connectivity index (χ0) is 17.3. The Morgan fingerprint density at radius 1 is 0.875 bits per heavy atom. The molecule has 24 heavy (non-hydrogen) atoms. The van der Waals surface area contributed by atoms with Gasteiger partial charge in [-0.1, -0.05) is 36.4 Å². The summed E-state index contributed by atoms with van der Waals surface area (Å²) in [6.45, 7) is 0. The number of alkyl halides is 3. The van der Waals surface area contributed by atoms with Crippen LogP contribution in [-0.4, -0.2) is 11.0 Å². The molecule has 0 radical (unpaired) electrons. The summed E-state index contributed by atoms with van der Waals surface area (Å²) < 4.78 is 39.1. The number of amides is 1. The van der Waals surface area contributed by atoms with E-state index in [9.17, 15) is 23.1 Å². The normalized spacial score (nSPS) is 11.5. The molecular formula is C18H12F3NO2. The van der Waals surface area contributed by atoms with Gasteiger partial charge in [-0.3, -0.25) is 4.79 Å². The first-order chi connectivity index (χ1) is 11.4. The fourth-order valence-corrected chi connectivity index (χ4v) is 2.52. The molecule has 0 aliphatic rings. The van der Waals surface area contributed by atoms with Gasteiger partial charge in [-0.25, -0.2) is 0 Å². The van der Waals surface area contributed by atoms with Gasteiger partial charge >= 0.3 is 6.18 Å². The lowest BCUT2D eigenvalue weighted by Gasteiger charge is -2.14. The van der Waals surface area contributed by atoms with E-state index < -0.39 is 23.2 Å². The average Bonchev–Trinajstić information content (AvgIpc) is 2.55. The number of fused-ring (bicyclic) bond motifs is 1. The van der Waals surface area contributed by atoms with E-state index in [1.165, 1.54) is 18.2 Å². The minimum atomic E-state index is -4.62. The highest BCUT2D eigenvalue weighted by atomic mass is 19.4. The quantitative estimate of drug-likeness (QED) is 0.707. The highest BCUT2D eigenvalue weighted by Gasteiger charge is 2.34. The summed E-state index contributed by atoms with van der Waals surface area (Å²) in [4.78, 5) is 12.3. The van der Waals surface area contributed by atoms with Crippen LogP contribution in [0, 0.1) is 0 Å². The molecule has 3 nitrogen and oxygen atoms in total. The maximum Gasteiger partial charge on any atom is 0.417 e. The molecule has 0 aliphatic carbocycles. The molecule has 0 fully saturated rings. The van der Waals surface area contributed by atoms with Crippen LogP contribution in [0.3, 0.4) is 0 Å². The van der Waals surface area contributed by atoms with E-state index in [1.54, 1.807) is 30.3 Å². The van der Waals surface area contributed by atoms with Crippen molar-refractivity contribution in [1.29, 1.82) is 0 Å². The fourth-order valence-electron chi connectivity index (χ4n) is 2.52. The van der Waals surface area contributed by atoms with Gasteiger partial charge in [0.2, 0.25) is 0 Å². The molecule has 0 aromatic heterocycles. The summed E-state index contributed by atoms with van der Waals surface area (Å²) in [6, 6.07) is 14.2. The second-order valence-electron chi connectivity index (χ2n) is 5.18. The third-order valence-corrected chi connectivity index (χ3v) is 3.62. The lowest BCUT2D eigenvalue weighted by Crippen LogP contribution is -2.18. The molecule has 0 unspecified atom stereocenters. The largest absolute Gasteiger partial charge is 0.507 e. The van der Waals surface area contributed by atoms with E-state index in [4.69, 9.17) is 0 Å². The highest BCUT2D eigenvalue weighted by Crippen LogP contribution is 2.33. The number of anilines is 1. The first-order valence-electron chi connectivity index (χ1n) is 7.06. The molecule has 6 heteroatoms. The van der Waals surface area contributed by atoms with E-state index in [0.717, 1.165) is 12.1 Å². The van der Waals surface area contributed by atoms with Gasteiger partial charge in [0, 0.05) is 16.5 Å².